The van der Waals surface area contributed by atoms with Crippen LogP contribution in [-0.4, -0.2) is 53.7 Å². The number of ether oxygens (including phenoxy) is 2. The summed E-state index contributed by atoms with van der Waals surface area (Å²) in [5.41, 5.74) is 0. The van der Waals surface area contributed by atoms with Crippen molar-refractivity contribution in [3.05, 3.63) is 0 Å². The summed E-state index contributed by atoms with van der Waals surface area (Å²) in [7, 11) is 0. The fourth-order valence-electron chi connectivity index (χ4n) is 2.74. The van der Waals surface area contributed by atoms with Gasteiger partial charge in [-0.25, -0.2) is 0 Å². The van der Waals surface area contributed by atoms with Gasteiger partial charge in [-0.3, -0.25) is 4.90 Å². The summed E-state index contributed by atoms with van der Waals surface area (Å²) in [5.74, 6) is -0.487. The molecule has 4 heteroatoms. The van der Waals surface area contributed by atoms with Gasteiger partial charge in [0.05, 0.1) is 12.6 Å². The Kier molecular flexibility index (Phi) is 3.54. The van der Waals surface area contributed by atoms with Gasteiger partial charge < -0.3 is 14.6 Å². The molecule has 2 rings (SSSR count). The Hall–Kier alpha value is -0.160. The van der Waals surface area contributed by atoms with Crippen molar-refractivity contribution in [2.24, 2.45) is 0 Å². The summed E-state index contributed by atoms with van der Waals surface area (Å²) in [5, 5.41) is 9.48. The molecular weight excluding hydrogens is 206 g/mol. The molecule has 0 bridgehead atoms. The molecule has 2 aliphatic heterocycles. The van der Waals surface area contributed by atoms with Gasteiger partial charge >= 0.3 is 0 Å². The van der Waals surface area contributed by atoms with E-state index in [1.807, 2.05) is 13.8 Å². The van der Waals surface area contributed by atoms with E-state index in [4.69, 9.17) is 9.47 Å². The fraction of sp³-hybridized carbons (Fsp3) is 1.00. The number of rotatable bonds is 4. The standard InChI is InChI=1S/C12H23NO3/c1-4-5-6-13-7-10-11(9(13)8-14)16-12(2,3)15-10/h9-11,14H,4-8H2,1-3H3/t9-,10-,11+/m1/s1. The maximum Gasteiger partial charge on any atom is 0.163 e. The second-order valence-corrected chi connectivity index (χ2v) is 5.24. The quantitative estimate of drug-likeness (QED) is 0.780. The zero-order chi connectivity index (χ0) is 11.8. The van der Waals surface area contributed by atoms with Crippen molar-refractivity contribution in [1.82, 2.24) is 4.90 Å². The van der Waals surface area contributed by atoms with Crippen LogP contribution >= 0.6 is 0 Å². The molecule has 0 spiro atoms. The molecule has 2 saturated heterocycles. The maximum atomic E-state index is 9.48. The first-order valence-electron chi connectivity index (χ1n) is 6.28. The molecule has 0 aliphatic carbocycles. The maximum absolute atomic E-state index is 9.48. The summed E-state index contributed by atoms with van der Waals surface area (Å²) >= 11 is 0. The third-order valence-electron chi connectivity index (χ3n) is 3.47. The first-order valence-corrected chi connectivity index (χ1v) is 6.28. The number of aliphatic hydroxyl groups is 1. The summed E-state index contributed by atoms with van der Waals surface area (Å²) in [6.07, 6.45) is 2.51. The lowest BCUT2D eigenvalue weighted by Gasteiger charge is -2.28. The Labute approximate surface area is 97.5 Å². The number of nitrogens with zero attached hydrogens (tertiary/aromatic N) is 1. The highest BCUT2D eigenvalue weighted by atomic mass is 16.8. The Morgan fingerprint density at radius 2 is 2.12 bits per heavy atom. The van der Waals surface area contributed by atoms with Gasteiger partial charge in [-0.2, -0.15) is 0 Å². The topological polar surface area (TPSA) is 41.9 Å². The minimum atomic E-state index is -0.487. The van der Waals surface area contributed by atoms with E-state index in [0.717, 1.165) is 13.1 Å². The van der Waals surface area contributed by atoms with Crippen molar-refractivity contribution < 1.29 is 14.6 Å². The molecule has 0 aromatic rings. The van der Waals surface area contributed by atoms with Crippen LogP contribution in [0.15, 0.2) is 0 Å². The average molecular weight is 229 g/mol. The number of fused-ring (bicyclic) bond motifs is 1. The van der Waals surface area contributed by atoms with E-state index in [0.29, 0.717) is 0 Å². The van der Waals surface area contributed by atoms with Gasteiger partial charge in [0.15, 0.2) is 5.79 Å². The molecule has 3 atom stereocenters. The van der Waals surface area contributed by atoms with Crippen LogP contribution in [0.1, 0.15) is 33.6 Å². The molecule has 1 N–H and O–H groups in total. The zero-order valence-corrected chi connectivity index (χ0v) is 10.5. The Bertz CT molecular complexity index is 244. The van der Waals surface area contributed by atoms with Crippen LogP contribution in [0.4, 0.5) is 0 Å². The molecule has 0 amide bonds. The number of aliphatic hydroxyl groups excluding tert-OH is 1. The minimum Gasteiger partial charge on any atom is -0.395 e. The van der Waals surface area contributed by atoms with E-state index >= 15 is 0 Å². The highest BCUT2D eigenvalue weighted by Gasteiger charge is 2.51. The lowest BCUT2D eigenvalue weighted by Crippen LogP contribution is -2.41. The molecule has 0 aromatic heterocycles. The van der Waals surface area contributed by atoms with Crippen molar-refractivity contribution in [2.75, 3.05) is 19.7 Å². The van der Waals surface area contributed by atoms with Gasteiger partial charge in [-0.15, -0.1) is 0 Å². The predicted octanol–water partition coefficient (Wildman–Crippen LogP) is 0.983. The molecule has 0 radical (unpaired) electrons. The molecule has 0 unspecified atom stereocenters. The van der Waals surface area contributed by atoms with Gasteiger partial charge in [-0.05, 0) is 26.8 Å². The van der Waals surface area contributed by atoms with Gasteiger partial charge in [-0.1, -0.05) is 13.3 Å². The first-order chi connectivity index (χ1) is 7.57. The smallest absolute Gasteiger partial charge is 0.163 e. The van der Waals surface area contributed by atoms with Crippen LogP contribution in [0, 0.1) is 0 Å². The van der Waals surface area contributed by atoms with Crippen molar-refractivity contribution in [2.45, 2.75) is 57.6 Å². The lowest BCUT2D eigenvalue weighted by molar-refractivity contribution is -0.163. The van der Waals surface area contributed by atoms with E-state index in [2.05, 4.69) is 11.8 Å². The van der Waals surface area contributed by atoms with Crippen molar-refractivity contribution in [1.29, 1.82) is 0 Å². The van der Waals surface area contributed by atoms with Gasteiger partial charge in [0.25, 0.3) is 0 Å². The largest absolute Gasteiger partial charge is 0.395 e. The van der Waals surface area contributed by atoms with E-state index in [1.165, 1.54) is 12.8 Å². The normalized spacial score (nSPS) is 37.9. The van der Waals surface area contributed by atoms with E-state index in [-0.39, 0.29) is 24.9 Å². The van der Waals surface area contributed by atoms with E-state index < -0.39 is 5.79 Å². The number of likely N-dealkylation sites (tertiary alicyclic amines) is 1. The van der Waals surface area contributed by atoms with Crippen LogP contribution in [0.25, 0.3) is 0 Å². The SMILES string of the molecule is CCCCN1C[C@H]2OC(C)(C)O[C@H]2[C@H]1CO. The number of hydrogen-bond acceptors (Lipinski definition) is 4. The zero-order valence-electron chi connectivity index (χ0n) is 10.5. The third-order valence-corrected chi connectivity index (χ3v) is 3.47. The van der Waals surface area contributed by atoms with Crippen LogP contribution < -0.4 is 0 Å². The van der Waals surface area contributed by atoms with Crippen molar-refractivity contribution in [3.8, 4) is 0 Å². The monoisotopic (exact) mass is 229 g/mol. The molecule has 0 saturated carbocycles. The predicted molar refractivity (Wildman–Crippen MR) is 61.2 cm³/mol. The Balaban J connectivity index is 1.98. The summed E-state index contributed by atoms with van der Waals surface area (Å²) in [4.78, 5) is 2.30. The van der Waals surface area contributed by atoms with Gasteiger partial charge in [0.1, 0.15) is 12.2 Å². The Morgan fingerprint density at radius 1 is 1.38 bits per heavy atom. The van der Waals surface area contributed by atoms with Crippen LogP contribution in [0.3, 0.4) is 0 Å². The van der Waals surface area contributed by atoms with E-state index in [1.54, 1.807) is 0 Å². The average Bonchev–Trinajstić information content (AvgIpc) is 2.65. The van der Waals surface area contributed by atoms with Crippen molar-refractivity contribution >= 4 is 0 Å². The lowest BCUT2D eigenvalue weighted by atomic mass is 10.1. The molecule has 2 heterocycles. The number of unbranched alkanes of at least 4 members (excludes halogenated alkanes) is 1. The molecule has 94 valence electrons. The summed E-state index contributed by atoms with van der Waals surface area (Å²) in [6.45, 7) is 8.14. The highest BCUT2D eigenvalue weighted by Crippen LogP contribution is 2.36. The number of hydrogen-bond donors (Lipinski definition) is 1. The fourth-order valence-corrected chi connectivity index (χ4v) is 2.74. The molecule has 2 aliphatic rings. The van der Waals surface area contributed by atoms with Crippen LogP contribution in [-0.2, 0) is 9.47 Å². The second kappa shape index (κ2) is 4.61. The molecule has 4 nitrogen and oxygen atoms in total. The molecule has 16 heavy (non-hydrogen) atoms. The second-order valence-electron chi connectivity index (χ2n) is 5.24. The third kappa shape index (κ3) is 2.25. The molecular formula is C12H23NO3. The molecule has 2 fully saturated rings. The summed E-state index contributed by atoms with van der Waals surface area (Å²) < 4.78 is 11.7. The highest BCUT2D eigenvalue weighted by molar-refractivity contribution is 4.99. The Morgan fingerprint density at radius 3 is 2.75 bits per heavy atom. The van der Waals surface area contributed by atoms with Crippen LogP contribution in [0.2, 0.25) is 0 Å². The van der Waals surface area contributed by atoms with Gasteiger partial charge in [0.2, 0.25) is 0 Å². The van der Waals surface area contributed by atoms with E-state index in [9.17, 15) is 5.11 Å². The van der Waals surface area contributed by atoms with Gasteiger partial charge in [0, 0.05) is 6.54 Å². The minimum absolute atomic E-state index is 0.0388. The molecule has 0 aromatic carbocycles. The van der Waals surface area contributed by atoms with Crippen molar-refractivity contribution in [3.63, 3.8) is 0 Å². The van der Waals surface area contributed by atoms with Crippen LogP contribution in [0.5, 0.6) is 0 Å². The summed E-state index contributed by atoms with van der Waals surface area (Å²) in [6, 6.07) is 0.110. The first kappa shape index (κ1) is 12.3.